The quantitative estimate of drug-likeness (QED) is 0.237. The van der Waals surface area contributed by atoms with Gasteiger partial charge in [0.2, 0.25) is 0 Å². The van der Waals surface area contributed by atoms with E-state index in [2.05, 4.69) is 5.32 Å². The third kappa shape index (κ3) is 9.53. The van der Waals surface area contributed by atoms with Crippen LogP contribution in [0.5, 0.6) is 0 Å². The molecule has 0 spiro atoms. The van der Waals surface area contributed by atoms with E-state index in [9.17, 15) is 22.8 Å². The van der Waals surface area contributed by atoms with Crippen molar-refractivity contribution >= 4 is 45.5 Å². The lowest BCUT2D eigenvalue weighted by Gasteiger charge is -2.44. The molecule has 13 heteroatoms. The average molecular weight is 582 g/mol. The van der Waals surface area contributed by atoms with Gasteiger partial charge in [0.1, 0.15) is 18.1 Å². The molecule has 1 fully saturated rings. The zero-order valence-electron chi connectivity index (χ0n) is 21.9. The molecule has 1 saturated heterocycles. The molecule has 2 aromatic rings. The number of hydrogen-bond donors (Lipinski definition) is 1. The highest BCUT2D eigenvalue weighted by atomic mass is 32.2. The summed E-state index contributed by atoms with van der Waals surface area (Å²) in [5.74, 6) is -2.12. The first-order valence-electron chi connectivity index (χ1n) is 12.0. The molecule has 0 radical (unpaired) electrons. The standard InChI is InChI=1S/C26H31NO10S2/c1-16(28)33-15-21-23(34-17(2)29)24(35-18(3)30)25(37-39(4,31)32)26(36-21)38-22-13-9-8-12-20(22)27-14-19-10-6-5-7-11-19/h5-13,21,23-27H,14-15H2,1-4H3/t21-,23-,24+,25-,26+/m1/s1. The van der Waals surface area contributed by atoms with E-state index in [1.165, 1.54) is 6.92 Å². The molecule has 0 saturated carbocycles. The first-order valence-corrected chi connectivity index (χ1v) is 14.7. The molecule has 5 atom stereocenters. The molecule has 1 aliphatic rings. The van der Waals surface area contributed by atoms with Crippen LogP contribution in [0.1, 0.15) is 26.3 Å². The molecule has 0 bridgehead atoms. The number of benzene rings is 2. The average Bonchev–Trinajstić information content (AvgIpc) is 2.85. The third-order valence-electron chi connectivity index (χ3n) is 5.39. The van der Waals surface area contributed by atoms with E-state index in [1.54, 1.807) is 12.1 Å². The number of hydrogen-bond acceptors (Lipinski definition) is 12. The van der Waals surface area contributed by atoms with Gasteiger partial charge < -0.3 is 24.3 Å². The molecular formula is C26H31NO10S2. The topological polar surface area (TPSA) is 144 Å². The summed E-state index contributed by atoms with van der Waals surface area (Å²) in [5, 5.41) is 3.35. The van der Waals surface area contributed by atoms with Crippen LogP contribution in [0.3, 0.4) is 0 Å². The van der Waals surface area contributed by atoms with Crippen molar-refractivity contribution in [2.45, 2.75) is 62.1 Å². The molecule has 11 nitrogen and oxygen atoms in total. The lowest BCUT2D eigenvalue weighted by atomic mass is 9.99. The van der Waals surface area contributed by atoms with E-state index in [-0.39, 0.29) is 6.61 Å². The predicted molar refractivity (Wildman–Crippen MR) is 142 cm³/mol. The van der Waals surface area contributed by atoms with Gasteiger partial charge in [0.15, 0.2) is 18.3 Å². The Hall–Kier alpha value is -3.13. The summed E-state index contributed by atoms with van der Waals surface area (Å²) in [5.41, 5.74) is 0.692. The minimum Gasteiger partial charge on any atom is -0.463 e. The van der Waals surface area contributed by atoms with Gasteiger partial charge in [0.05, 0.1) is 6.26 Å². The van der Waals surface area contributed by atoms with Crippen LogP contribution >= 0.6 is 11.8 Å². The minimum absolute atomic E-state index is 0.346. The largest absolute Gasteiger partial charge is 0.463 e. The lowest BCUT2D eigenvalue weighted by Crippen LogP contribution is -2.61. The Morgan fingerprint density at radius 3 is 2.10 bits per heavy atom. The van der Waals surface area contributed by atoms with Gasteiger partial charge in [0.25, 0.3) is 10.1 Å². The summed E-state index contributed by atoms with van der Waals surface area (Å²) in [6.07, 6.45) is -4.36. The maximum Gasteiger partial charge on any atom is 0.303 e. The Kier molecular flexibility index (Phi) is 10.7. The van der Waals surface area contributed by atoms with Crippen LogP contribution in [0.25, 0.3) is 0 Å². The van der Waals surface area contributed by atoms with Gasteiger partial charge in [-0.1, -0.05) is 54.2 Å². The van der Waals surface area contributed by atoms with Crippen molar-refractivity contribution in [3.05, 3.63) is 60.2 Å². The van der Waals surface area contributed by atoms with Gasteiger partial charge in [0, 0.05) is 37.9 Å². The maximum atomic E-state index is 12.3. The Bertz CT molecular complexity index is 1250. The van der Waals surface area contributed by atoms with Crippen molar-refractivity contribution in [3.8, 4) is 0 Å². The van der Waals surface area contributed by atoms with Gasteiger partial charge >= 0.3 is 17.9 Å². The molecule has 1 heterocycles. The molecule has 212 valence electrons. The number of nitrogens with one attached hydrogen (secondary N) is 1. The van der Waals surface area contributed by atoms with Crippen molar-refractivity contribution in [2.24, 2.45) is 0 Å². The van der Waals surface area contributed by atoms with Crippen LogP contribution in [0, 0.1) is 0 Å². The summed E-state index contributed by atoms with van der Waals surface area (Å²) in [4.78, 5) is 36.2. The number of carbonyl (C=O) groups is 3. The number of anilines is 1. The van der Waals surface area contributed by atoms with Crippen molar-refractivity contribution in [1.29, 1.82) is 0 Å². The first kappa shape index (κ1) is 30.4. The number of ether oxygens (including phenoxy) is 4. The fourth-order valence-electron chi connectivity index (χ4n) is 3.91. The van der Waals surface area contributed by atoms with Crippen LogP contribution in [0.4, 0.5) is 5.69 Å². The number of para-hydroxylation sites is 1. The molecule has 39 heavy (non-hydrogen) atoms. The van der Waals surface area contributed by atoms with E-state index in [1.807, 2.05) is 42.5 Å². The number of carbonyl (C=O) groups excluding carboxylic acids is 3. The smallest absolute Gasteiger partial charge is 0.303 e. The summed E-state index contributed by atoms with van der Waals surface area (Å²) < 4.78 is 52.0. The lowest BCUT2D eigenvalue weighted by molar-refractivity contribution is -0.226. The molecule has 1 aliphatic heterocycles. The van der Waals surface area contributed by atoms with Crippen molar-refractivity contribution < 1.29 is 45.9 Å². The monoisotopic (exact) mass is 581 g/mol. The van der Waals surface area contributed by atoms with Crippen molar-refractivity contribution in [3.63, 3.8) is 0 Å². The van der Waals surface area contributed by atoms with Crippen LogP contribution in [0.2, 0.25) is 0 Å². The molecule has 3 rings (SSSR count). The molecule has 0 amide bonds. The maximum absolute atomic E-state index is 12.3. The van der Waals surface area contributed by atoms with Gasteiger partial charge in [-0.05, 0) is 17.7 Å². The van der Waals surface area contributed by atoms with Gasteiger partial charge in [-0.3, -0.25) is 18.6 Å². The minimum atomic E-state index is -4.10. The third-order valence-corrected chi connectivity index (χ3v) is 7.18. The number of rotatable bonds is 11. The van der Waals surface area contributed by atoms with Gasteiger partial charge in [-0.15, -0.1) is 0 Å². The highest BCUT2D eigenvalue weighted by molar-refractivity contribution is 8.00. The van der Waals surface area contributed by atoms with E-state index >= 15 is 0 Å². The van der Waals surface area contributed by atoms with Crippen LogP contribution in [0.15, 0.2) is 59.5 Å². The highest BCUT2D eigenvalue weighted by Crippen LogP contribution is 2.40. The Morgan fingerprint density at radius 2 is 1.49 bits per heavy atom. The molecular weight excluding hydrogens is 550 g/mol. The summed E-state index contributed by atoms with van der Waals surface area (Å²) in [6.45, 7) is 3.64. The second-order valence-electron chi connectivity index (χ2n) is 8.71. The van der Waals surface area contributed by atoms with Crippen molar-refractivity contribution in [2.75, 3.05) is 18.2 Å². The summed E-state index contributed by atoms with van der Waals surface area (Å²) in [7, 11) is -4.10. The van der Waals surface area contributed by atoms with E-state index in [0.717, 1.165) is 43.1 Å². The molecule has 1 N–H and O–H groups in total. The Morgan fingerprint density at radius 1 is 0.872 bits per heavy atom. The van der Waals surface area contributed by atoms with E-state index in [0.29, 0.717) is 11.4 Å². The van der Waals surface area contributed by atoms with Crippen LogP contribution in [-0.2, 0) is 54.2 Å². The normalized spacial score (nSPS) is 22.9. The molecule has 0 aliphatic carbocycles. The second-order valence-corrected chi connectivity index (χ2v) is 11.5. The zero-order valence-corrected chi connectivity index (χ0v) is 23.5. The molecule has 0 aromatic heterocycles. The number of thioether (sulfide) groups is 1. The fraction of sp³-hybridized carbons (Fsp3) is 0.423. The Labute approximate surface area is 231 Å². The SMILES string of the molecule is CC(=O)OC[C@H]1O[C@@H](Sc2ccccc2NCc2ccccc2)[C@H](OS(C)(=O)=O)[C@@H](OC(C)=O)[C@@H]1OC(C)=O. The Balaban J connectivity index is 1.98. The van der Waals surface area contributed by atoms with Gasteiger partial charge in [-0.25, -0.2) is 0 Å². The highest BCUT2D eigenvalue weighted by Gasteiger charge is 2.52. The van der Waals surface area contributed by atoms with Crippen LogP contribution in [-0.4, -0.2) is 69.0 Å². The second kappa shape index (κ2) is 13.8. The summed E-state index contributed by atoms with van der Waals surface area (Å²) >= 11 is 1.12. The predicted octanol–water partition coefficient (Wildman–Crippen LogP) is 2.89. The van der Waals surface area contributed by atoms with Crippen LogP contribution < -0.4 is 5.32 Å². The first-order chi connectivity index (χ1) is 18.4. The fourth-order valence-corrected chi connectivity index (χ4v) is 5.81. The van der Waals surface area contributed by atoms with E-state index in [4.69, 9.17) is 23.1 Å². The van der Waals surface area contributed by atoms with Crippen molar-refractivity contribution in [1.82, 2.24) is 0 Å². The van der Waals surface area contributed by atoms with Gasteiger partial charge in [-0.2, -0.15) is 8.42 Å². The van der Waals surface area contributed by atoms with E-state index < -0.39 is 57.9 Å². The summed E-state index contributed by atoms with van der Waals surface area (Å²) in [6, 6.07) is 17.0. The zero-order chi connectivity index (χ0) is 28.6. The molecule has 2 aromatic carbocycles. The number of esters is 3. The molecule has 0 unspecified atom stereocenters.